The maximum Gasteiger partial charge on any atom is 0.191 e. The van der Waals surface area contributed by atoms with Crippen LogP contribution in [-0.4, -0.2) is 32.2 Å². The summed E-state index contributed by atoms with van der Waals surface area (Å²) in [6.07, 6.45) is 2.92. The largest absolute Gasteiger partial charge is 0.486 e. The number of hydrogen-bond donors (Lipinski definition) is 2. The quantitative estimate of drug-likeness (QED) is 0.291. The van der Waals surface area contributed by atoms with Gasteiger partial charge in [-0.25, -0.2) is 4.39 Å². The van der Waals surface area contributed by atoms with Crippen LogP contribution in [0.1, 0.15) is 33.1 Å². The first-order valence-electron chi connectivity index (χ1n) is 7.56. The first kappa shape index (κ1) is 20.9. The summed E-state index contributed by atoms with van der Waals surface area (Å²) in [5.74, 6) is 0.709. The average Bonchev–Trinajstić information content (AvgIpc) is 2.51. The number of nitrogens with zero attached hydrogens (tertiary/aromatic N) is 1. The molecule has 22 heavy (non-hydrogen) atoms. The number of nitrogens with one attached hydrogen (secondary N) is 2. The number of guanidine groups is 1. The van der Waals surface area contributed by atoms with Gasteiger partial charge in [0.2, 0.25) is 0 Å². The Labute approximate surface area is 149 Å². The van der Waals surface area contributed by atoms with E-state index in [1.54, 1.807) is 25.2 Å². The summed E-state index contributed by atoms with van der Waals surface area (Å²) >= 11 is 0. The highest BCUT2D eigenvalue weighted by Crippen LogP contribution is 2.17. The molecule has 0 spiro atoms. The summed E-state index contributed by atoms with van der Waals surface area (Å²) in [5.41, 5.74) is 0. The van der Waals surface area contributed by atoms with Gasteiger partial charge in [-0.2, -0.15) is 0 Å². The Kier molecular flexibility index (Phi) is 11.9. The molecular formula is C16H27FIN3O. The molecule has 126 valence electrons. The fraction of sp³-hybridized carbons (Fsp3) is 0.562. The Balaban J connectivity index is 0.00000441. The molecule has 1 aromatic rings. The van der Waals surface area contributed by atoms with Gasteiger partial charge in [-0.1, -0.05) is 32.4 Å². The van der Waals surface area contributed by atoms with Crippen LogP contribution in [0.3, 0.4) is 0 Å². The predicted molar refractivity (Wildman–Crippen MR) is 101 cm³/mol. The van der Waals surface area contributed by atoms with E-state index in [9.17, 15) is 4.39 Å². The van der Waals surface area contributed by atoms with Crippen molar-refractivity contribution < 1.29 is 9.13 Å². The van der Waals surface area contributed by atoms with Gasteiger partial charge < -0.3 is 15.4 Å². The van der Waals surface area contributed by atoms with Crippen LogP contribution in [0.2, 0.25) is 0 Å². The molecule has 0 bridgehead atoms. The van der Waals surface area contributed by atoms with Crippen molar-refractivity contribution in [2.45, 2.75) is 39.2 Å². The third kappa shape index (κ3) is 7.82. The molecule has 1 unspecified atom stereocenters. The van der Waals surface area contributed by atoms with Crippen molar-refractivity contribution in [2.75, 3.05) is 20.1 Å². The summed E-state index contributed by atoms with van der Waals surface area (Å²) in [7, 11) is 1.74. The number of para-hydroxylation sites is 1. The molecule has 0 aromatic heterocycles. The van der Waals surface area contributed by atoms with Crippen LogP contribution in [0.15, 0.2) is 29.3 Å². The number of hydrogen-bond acceptors (Lipinski definition) is 2. The Bertz CT molecular complexity index is 443. The third-order valence-electron chi connectivity index (χ3n) is 3.13. The molecule has 0 amide bonds. The van der Waals surface area contributed by atoms with Crippen molar-refractivity contribution in [2.24, 2.45) is 4.99 Å². The van der Waals surface area contributed by atoms with E-state index in [0.717, 1.165) is 31.8 Å². The number of aliphatic imine (C=N–C) groups is 1. The second-order valence-corrected chi connectivity index (χ2v) is 4.81. The molecule has 1 rings (SSSR count). The van der Waals surface area contributed by atoms with Crippen molar-refractivity contribution >= 4 is 29.9 Å². The zero-order chi connectivity index (χ0) is 15.5. The molecule has 0 fully saturated rings. The van der Waals surface area contributed by atoms with Gasteiger partial charge in [-0.3, -0.25) is 4.99 Å². The lowest BCUT2D eigenvalue weighted by Crippen LogP contribution is -2.42. The fourth-order valence-electron chi connectivity index (χ4n) is 1.80. The highest BCUT2D eigenvalue weighted by atomic mass is 127. The van der Waals surface area contributed by atoms with Crippen LogP contribution >= 0.6 is 24.0 Å². The van der Waals surface area contributed by atoms with E-state index in [4.69, 9.17) is 4.74 Å². The molecule has 1 atom stereocenters. The monoisotopic (exact) mass is 423 g/mol. The second-order valence-electron chi connectivity index (χ2n) is 4.81. The van der Waals surface area contributed by atoms with E-state index in [-0.39, 0.29) is 35.9 Å². The summed E-state index contributed by atoms with van der Waals surface area (Å²) in [5, 5.41) is 6.44. The molecular weight excluding hydrogens is 396 g/mol. The molecule has 0 saturated heterocycles. The molecule has 0 heterocycles. The van der Waals surface area contributed by atoms with E-state index < -0.39 is 0 Å². The zero-order valence-electron chi connectivity index (χ0n) is 13.6. The lowest BCUT2D eigenvalue weighted by molar-refractivity contribution is 0.191. The molecule has 1 aromatic carbocycles. The number of unbranched alkanes of at least 4 members (excludes halogenated alkanes) is 1. The molecule has 4 nitrogen and oxygen atoms in total. The number of halogens is 2. The lowest BCUT2D eigenvalue weighted by atomic mass is 10.2. The first-order chi connectivity index (χ1) is 10.2. The molecule has 2 N–H and O–H groups in total. The van der Waals surface area contributed by atoms with Gasteiger partial charge >= 0.3 is 0 Å². The Morgan fingerprint density at radius 3 is 2.59 bits per heavy atom. The Morgan fingerprint density at radius 2 is 2.00 bits per heavy atom. The van der Waals surface area contributed by atoms with Crippen LogP contribution in [0.25, 0.3) is 0 Å². The predicted octanol–water partition coefficient (Wildman–Crippen LogP) is 3.57. The highest BCUT2D eigenvalue weighted by molar-refractivity contribution is 14.0. The summed E-state index contributed by atoms with van der Waals surface area (Å²) in [6, 6.07) is 6.47. The molecule has 0 aliphatic rings. The minimum absolute atomic E-state index is 0. The Morgan fingerprint density at radius 1 is 1.27 bits per heavy atom. The molecule has 0 radical (unpaired) electrons. The third-order valence-corrected chi connectivity index (χ3v) is 3.13. The summed E-state index contributed by atoms with van der Waals surface area (Å²) in [4.78, 5) is 4.16. The van der Waals surface area contributed by atoms with Gasteiger partial charge in [0.05, 0.1) is 6.54 Å². The maximum absolute atomic E-state index is 13.6. The minimum atomic E-state index is -0.332. The smallest absolute Gasteiger partial charge is 0.191 e. The van der Waals surface area contributed by atoms with Crippen molar-refractivity contribution in [1.82, 2.24) is 10.6 Å². The average molecular weight is 423 g/mol. The number of rotatable bonds is 8. The van der Waals surface area contributed by atoms with Gasteiger partial charge in [0.15, 0.2) is 17.5 Å². The van der Waals surface area contributed by atoms with Gasteiger partial charge in [0.1, 0.15) is 6.10 Å². The van der Waals surface area contributed by atoms with Crippen LogP contribution < -0.4 is 15.4 Å². The Hall–Kier alpha value is -1.05. The number of benzene rings is 1. The first-order valence-corrected chi connectivity index (χ1v) is 7.56. The van der Waals surface area contributed by atoms with Crippen molar-refractivity contribution in [1.29, 1.82) is 0 Å². The van der Waals surface area contributed by atoms with Gasteiger partial charge in [-0.05, 0) is 25.0 Å². The van der Waals surface area contributed by atoms with E-state index in [0.29, 0.717) is 12.3 Å². The van der Waals surface area contributed by atoms with E-state index >= 15 is 0 Å². The van der Waals surface area contributed by atoms with E-state index in [2.05, 4.69) is 22.5 Å². The maximum atomic E-state index is 13.6. The molecule has 0 aliphatic heterocycles. The molecule has 6 heteroatoms. The fourth-order valence-corrected chi connectivity index (χ4v) is 1.80. The van der Waals surface area contributed by atoms with Crippen molar-refractivity contribution in [3.8, 4) is 5.75 Å². The zero-order valence-corrected chi connectivity index (χ0v) is 15.9. The minimum Gasteiger partial charge on any atom is -0.486 e. The standard InChI is InChI=1S/C16H26FN3O.HI/c1-4-6-11-19-16(18-3)20-12-13(5-2)21-15-10-8-7-9-14(15)17;/h7-10,13H,4-6,11-12H2,1-3H3,(H2,18,19,20);1H. The highest BCUT2D eigenvalue weighted by Gasteiger charge is 2.11. The van der Waals surface area contributed by atoms with E-state index in [1.807, 2.05) is 6.92 Å². The van der Waals surface area contributed by atoms with Crippen LogP contribution in [0, 0.1) is 5.82 Å². The number of ether oxygens (including phenoxy) is 1. The van der Waals surface area contributed by atoms with Crippen molar-refractivity contribution in [3.05, 3.63) is 30.1 Å². The molecule has 0 aliphatic carbocycles. The topological polar surface area (TPSA) is 45.7 Å². The van der Waals surface area contributed by atoms with Crippen LogP contribution in [0.4, 0.5) is 4.39 Å². The normalized spacial score (nSPS) is 12.3. The van der Waals surface area contributed by atoms with Gasteiger partial charge in [-0.15, -0.1) is 24.0 Å². The van der Waals surface area contributed by atoms with E-state index in [1.165, 1.54) is 6.07 Å². The lowest BCUT2D eigenvalue weighted by Gasteiger charge is -2.20. The van der Waals surface area contributed by atoms with Gasteiger partial charge in [0.25, 0.3) is 0 Å². The summed E-state index contributed by atoms with van der Waals surface area (Å²) in [6.45, 7) is 5.63. The van der Waals surface area contributed by atoms with Crippen molar-refractivity contribution in [3.63, 3.8) is 0 Å². The van der Waals surface area contributed by atoms with Crippen LogP contribution in [0.5, 0.6) is 5.75 Å². The summed E-state index contributed by atoms with van der Waals surface area (Å²) < 4.78 is 19.3. The second kappa shape index (κ2) is 12.5. The van der Waals surface area contributed by atoms with Gasteiger partial charge in [0, 0.05) is 13.6 Å². The SMILES string of the molecule is CCCCNC(=NC)NCC(CC)Oc1ccccc1F.I. The van der Waals surface area contributed by atoms with Crippen LogP contribution in [-0.2, 0) is 0 Å². The molecule has 0 saturated carbocycles.